The lowest BCUT2D eigenvalue weighted by molar-refractivity contribution is -0.387. The maximum Gasteiger partial charge on any atom is 0.489 e. The van der Waals surface area contributed by atoms with Gasteiger partial charge < -0.3 is 15.2 Å². The molecule has 4 rings (SSSR count). The second-order valence-electron chi connectivity index (χ2n) is 7.49. The van der Waals surface area contributed by atoms with Gasteiger partial charge in [-0.25, -0.2) is 4.79 Å². The Morgan fingerprint density at radius 2 is 1.24 bits per heavy atom. The molecular formula is C26H18BBrF2N2O10. The van der Waals surface area contributed by atoms with Gasteiger partial charge >= 0.3 is 30.6 Å². The van der Waals surface area contributed by atoms with Crippen molar-refractivity contribution in [1.82, 2.24) is 0 Å². The number of carbonyl (C=O) groups is 1. The van der Waals surface area contributed by atoms with Crippen LogP contribution < -0.4 is 5.46 Å². The van der Waals surface area contributed by atoms with Crippen molar-refractivity contribution in [3.8, 4) is 11.1 Å². The molecule has 0 spiro atoms. The first-order valence-corrected chi connectivity index (χ1v) is 11.9. The van der Waals surface area contributed by atoms with E-state index in [-0.39, 0.29) is 17.2 Å². The molecule has 3 N–H and O–H groups in total. The Hall–Kier alpha value is -5.15. The van der Waals surface area contributed by atoms with Crippen LogP contribution in [0.15, 0.2) is 95.5 Å². The molecule has 0 aliphatic heterocycles. The van der Waals surface area contributed by atoms with E-state index < -0.39 is 45.9 Å². The second-order valence-corrected chi connectivity index (χ2v) is 8.41. The number of rotatable bonds is 5. The molecule has 12 nitrogen and oxygen atoms in total. The molecular weight excluding hydrogens is 629 g/mol. The van der Waals surface area contributed by atoms with Crippen LogP contribution in [0.3, 0.4) is 0 Å². The van der Waals surface area contributed by atoms with Gasteiger partial charge in [-0.2, -0.15) is 18.4 Å². The number of halogens is 3. The molecule has 0 aliphatic carbocycles. The van der Waals surface area contributed by atoms with Crippen molar-refractivity contribution in [3.63, 3.8) is 0 Å². The van der Waals surface area contributed by atoms with Gasteiger partial charge in [0.2, 0.25) is 11.6 Å². The van der Waals surface area contributed by atoms with Crippen molar-refractivity contribution < 1.29 is 48.2 Å². The van der Waals surface area contributed by atoms with Crippen molar-refractivity contribution in [2.75, 3.05) is 0 Å². The summed E-state index contributed by atoms with van der Waals surface area (Å²) in [6.45, 7) is 0. The maximum absolute atomic E-state index is 13.1. The first-order valence-electron chi connectivity index (χ1n) is 11.1. The number of hydrogen-bond donors (Lipinski definition) is 3. The van der Waals surface area contributed by atoms with E-state index in [1.54, 1.807) is 6.07 Å². The number of aromatic carboxylic acids is 1. The molecule has 0 unspecified atom stereocenters. The molecule has 216 valence electrons. The summed E-state index contributed by atoms with van der Waals surface area (Å²) >= 11 is 2.99. The maximum atomic E-state index is 13.1. The molecule has 4 aromatic carbocycles. The van der Waals surface area contributed by atoms with Gasteiger partial charge in [0.1, 0.15) is 0 Å². The standard InChI is InChI=1S/C12H8FNO2.C7H7BO4.C6H3BrFNO2.CO2/c13-11-7-6-10(8-12(11)14(15)16)9-4-2-1-3-5-9;9-7(10)5-3-1-2-4-6(5)8(11)12;7-4-1-2-5(8)6(3-4)9(10)11;2-1-3/h1-8H;1-4,11-12H,(H,9,10);1-3H;. The third-order valence-corrected chi connectivity index (χ3v) is 5.32. The van der Waals surface area contributed by atoms with Gasteiger partial charge in [0.25, 0.3) is 0 Å². The van der Waals surface area contributed by atoms with E-state index in [4.69, 9.17) is 24.7 Å². The Kier molecular flexibility index (Phi) is 14.6. The minimum Gasteiger partial charge on any atom is -0.478 e. The Morgan fingerprint density at radius 1 is 0.762 bits per heavy atom. The molecule has 0 fully saturated rings. The van der Waals surface area contributed by atoms with E-state index in [0.717, 1.165) is 23.8 Å². The lowest BCUT2D eigenvalue weighted by atomic mass is 9.77. The zero-order chi connectivity index (χ0) is 31.8. The van der Waals surface area contributed by atoms with E-state index in [1.807, 2.05) is 30.3 Å². The average Bonchev–Trinajstić information content (AvgIpc) is 2.96. The minimum atomic E-state index is -1.74. The first kappa shape index (κ1) is 34.9. The summed E-state index contributed by atoms with van der Waals surface area (Å²) in [5.41, 5.74) is 0.359. The summed E-state index contributed by atoms with van der Waals surface area (Å²) < 4.78 is 26.1. The fraction of sp³-hybridized carbons (Fsp3) is 0. The summed E-state index contributed by atoms with van der Waals surface area (Å²) in [7, 11) is -1.74. The van der Waals surface area contributed by atoms with Crippen LogP contribution in [0.4, 0.5) is 20.2 Å². The largest absolute Gasteiger partial charge is 0.489 e. The Labute approximate surface area is 244 Å². The molecule has 4 aromatic rings. The van der Waals surface area contributed by atoms with Gasteiger partial charge in [-0.1, -0.05) is 70.5 Å². The van der Waals surface area contributed by atoms with E-state index in [2.05, 4.69) is 15.9 Å². The second kappa shape index (κ2) is 17.5. The Balaban J connectivity index is 0.000000307. The quantitative estimate of drug-likeness (QED) is 0.159. The normalized spacial score (nSPS) is 9.26. The van der Waals surface area contributed by atoms with Crippen molar-refractivity contribution in [1.29, 1.82) is 0 Å². The molecule has 0 amide bonds. The molecule has 0 aromatic heterocycles. The highest BCUT2D eigenvalue weighted by Gasteiger charge is 2.19. The molecule has 42 heavy (non-hydrogen) atoms. The van der Waals surface area contributed by atoms with Gasteiger partial charge in [-0.3, -0.25) is 20.2 Å². The molecule has 0 heterocycles. The predicted octanol–water partition coefficient (Wildman–Crippen LogP) is 4.38. The number of carboxylic acids is 1. The SMILES string of the molecule is O=C(O)c1ccccc1B(O)O.O=C=O.O=[N+]([O-])c1cc(-c2ccccc2)ccc1F.O=[N+]([O-])c1cc(Br)ccc1F. The van der Waals surface area contributed by atoms with E-state index in [1.165, 1.54) is 36.4 Å². The fourth-order valence-electron chi connectivity index (χ4n) is 3.01. The van der Waals surface area contributed by atoms with Crippen molar-refractivity contribution in [2.24, 2.45) is 0 Å². The monoisotopic (exact) mass is 646 g/mol. The van der Waals surface area contributed by atoms with Gasteiger partial charge in [0.15, 0.2) is 0 Å². The summed E-state index contributed by atoms with van der Waals surface area (Å²) in [5, 5.41) is 46.8. The predicted molar refractivity (Wildman–Crippen MR) is 147 cm³/mol. The third-order valence-electron chi connectivity index (χ3n) is 4.82. The number of benzene rings is 4. The topological polar surface area (TPSA) is 198 Å². The van der Waals surface area contributed by atoms with Crippen LogP contribution in [0.25, 0.3) is 11.1 Å². The van der Waals surface area contributed by atoms with Crippen LogP contribution in [0, 0.1) is 31.9 Å². The third kappa shape index (κ3) is 11.2. The highest BCUT2D eigenvalue weighted by molar-refractivity contribution is 9.10. The summed E-state index contributed by atoms with van der Waals surface area (Å²) in [6, 6.07) is 22.3. The van der Waals surface area contributed by atoms with Crippen LogP contribution in [0.2, 0.25) is 0 Å². The lowest BCUT2D eigenvalue weighted by Crippen LogP contribution is -2.34. The average molecular weight is 647 g/mol. The number of carbonyl (C=O) groups excluding carboxylic acids is 2. The first-order chi connectivity index (χ1) is 19.8. The van der Waals surface area contributed by atoms with Gasteiger partial charge in [0, 0.05) is 16.6 Å². The van der Waals surface area contributed by atoms with Crippen LogP contribution in [0.1, 0.15) is 10.4 Å². The van der Waals surface area contributed by atoms with Gasteiger partial charge in [0.05, 0.1) is 15.4 Å². The van der Waals surface area contributed by atoms with Crippen LogP contribution in [-0.4, -0.2) is 44.2 Å². The molecule has 0 saturated heterocycles. The molecule has 0 bridgehead atoms. The van der Waals surface area contributed by atoms with E-state index >= 15 is 0 Å². The molecule has 16 heteroatoms. The zero-order valence-electron chi connectivity index (χ0n) is 21.0. The number of nitro groups is 2. The summed E-state index contributed by atoms with van der Waals surface area (Å²) in [5.74, 6) is -2.80. The molecule has 0 saturated carbocycles. The van der Waals surface area contributed by atoms with Crippen molar-refractivity contribution in [2.45, 2.75) is 0 Å². The number of hydrogen-bond acceptors (Lipinski definition) is 9. The smallest absolute Gasteiger partial charge is 0.478 e. The van der Waals surface area contributed by atoms with Crippen LogP contribution >= 0.6 is 15.9 Å². The highest BCUT2D eigenvalue weighted by atomic mass is 79.9. The molecule has 0 atom stereocenters. The summed E-state index contributed by atoms with van der Waals surface area (Å²) in [4.78, 5) is 46.0. The number of carboxylic acid groups (broad SMARTS) is 1. The minimum absolute atomic E-state index is 0.00463. The summed E-state index contributed by atoms with van der Waals surface area (Å²) in [6.07, 6.45) is 0.250. The van der Waals surface area contributed by atoms with E-state index in [9.17, 15) is 33.8 Å². The van der Waals surface area contributed by atoms with Gasteiger partial charge in [-0.15, -0.1) is 0 Å². The van der Waals surface area contributed by atoms with Crippen molar-refractivity contribution in [3.05, 3.63) is 133 Å². The fourth-order valence-corrected chi connectivity index (χ4v) is 3.35. The van der Waals surface area contributed by atoms with Crippen molar-refractivity contribution >= 4 is 52.0 Å². The zero-order valence-corrected chi connectivity index (χ0v) is 22.6. The van der Waals surface area contributed by atoms with Crippen LogP contribution in [0.5, 0.6) is 0 Å². The number of nitro benzene ring substituents is 2. The highest BCUT2D eigenvalue weighted by Crippen LogP contribution is 2.26. The van der Waals surface area contributed by atoms with Crippen LogP contribution in [-0.2, 0) is 9.59 Å². The van der Waals surface area contributed by atoms with Gasteiger partial charge in [-0.05, 0) is 40.9 Å². The Morgan fingerprint density at radius 3 is 1.69 bits per heavy atom. The lowest BCUT2D eigenvalue weighted by Gasteiger charge is -2.02. The number of nitrogens with zero attached hydrogens (tertiary/aromatic N) is 2. The molecule has 0 aliphatic rings. The Bertz CT molecular complexity index is 1570. The van der Waals surface area contributed by atoms with E-state index in [0.29, 0.717) is 10.0 Å². The molecule has 0 radical (unpaired) electrons.